The van der Waals surface area contributed by atoms with Crippen LogP contribution in [0.15, 0.2) is 11.0 Å². The van der Waals surface area contributed by atoms with Crippen LogP contribution in [0.5, 0.6) is 0 Å². The van der Waals surface area contributed by atoms with E-state index < -0.39 is 9.84 Å². The van der Waals surface area contributed by atoms with E-state index in [1.807, 2.05) is 0 Å². The summed E-state index contributed by atoms with van der Waals surface area (Å²) in [6.45, 7) is 2.23. The molecule has 1 aromatic heterocycles. The third kappa shape index (κ3) is 2.67. The van der Waals surface area contributed by atoms with Crippen molar-refractivity contribution in [2.45, 2.75) is 25.9 Å². The van der Waals surface area contributed by atoms with Crippen LogP contribution in [0.25, 0.3) is 0 Å². The molecule has 1 unspecified atom stereocenters. The molecule has 1 aliphatic rings. The van der Waals surface area contributed by atoms with Gasteiger partial charge in [0.2, 0.25) is 0 Å². The summed E-state index contributed by atoms with van der Waals surface area (Å²) in [7, 11) is -2.96. The van der Waals surface area contributed by atoms with Gasteiger partial charge < -0.3 is 5.32 Å². The molecule has 0 amide bonds. The topological polar surface area (TPSA) is 81.1 Å². The molecule has 0 radical (unpaired) electrons. The SMILES string of the molecule is CCn1ncc(NC2CCS(=O)(=O)C2)c(Cl)c1=O. The fourth-order valence-corrected chi connectivity index (χ4v) is 3.79. The van der Waals surface area contributed by atoms with Crippen molar-refractivity contribution in [1.82, 2.24) is 9.78 Å². The van der Waals surface area contributed by atoms with E-state index in [2.05, 4.69) is 10.4 Å². The quantitative estimate of drug-likeness (QED) is 0.878. The summed E-state index contributed by atoms with van der Waals surface area (Å²) in [6, 6.07) is -0.203. The van der Waals surface area contributed by atoms with Crippen molar-refractivity contribution in [3.05, 3.63) is 21.6 Å². The molecule has 1 aliphatic heterocycles. The predicted molar refractivity (Wildman–Crippen MR) is 69.9 cm³/mol. The minimum absolute atomic E-state index is 0.0520. The molecule has 6 nitrogen and oxygen atoms in total. The summed E-state index contributed by atoms with van der Waals surface area (Å²) >= 11 is 5.94. The first-order valence-electron chi connectivity index (χ1n) is 5.65. The Labute approximate surface area is 110 Å². The Morgan fingerprint density at radius 3 is 2.89 bits per heavy atom. The second-order valence-corrected chi connectivity index (χ2v) is 6.84. The van der Waals surface area contributed by atoms with E-state index in [9.17, 15) is 13.2 Å². The van der Waals surface area contributed by atoms with Gasteiger partial charge in [-0.15, -0.1) is 0 Å². The van der Waals surface area contributed by atoms with Crippen molar-refractivity contribution in [3.63, 3.8) is 0 Å². The summed E-state index contributed by atoms with van der Waals surface area (Å²) in [4.78, 5) is 11.7. The number of hydrogen-bond acceptors (Lipinski definition) is 5. The van der Waals surface area contributed by atoms with E-state index in [1.54, 1.807) is 6.92 Å². The van der Waals surface area contributed by atoms with Crippen LogP contribution in [0.2, 0.25) is 5.02 Å². The standard InChI is InChI=1S/C10H14ClN3O3S/c1-2-14-10(15)9(11)8(5-12-14)13-7-3-4-18(16,17)6-7/h5,7,13H,2-4,6H2,1H3. The zero-order valence-corrected chi connectivity index (χ0v) is 11.5. The third-order valence-corrected chi connectivity index (χ3v) is 5.01. The summed E-state index contributed by atoms with van der Waals surface area (Å²) < 4.78 is 23.9. The second-order valence-electron chi connectivity index (χ2n) is 4.24. The Hall–Kier alpha value is -1.08. The number of hydrogen-bond donors (Lipinski definition) is 1. The Kier molecular flexibility index (Phi) is 3.63. The highest BCUT2D eigenvalue weighted by Crippen LogP contribution is 2.21. The van der Waals surface area contributed by atoms with Gasteiger partial charge in [0.15, 0.2) is 9.84 Å². The number of anilines is 1. The minimum Gasteiger partial charge on any atom is -0.379 e. The summed E-state index contributed by atoms with van der Waals surface area (Å²) in [6.07, 6.45) is 1.98. The maximum absolute atomic E-state index is 11.7. The van der Waals surface area contributed by atoms with Crippen LogP contribution in [0.1, 0.15) is 13.3 Å². The molecule has 1 atom stereocenters. The van der Waals surface area contributed by atoms with Crippen LogP contribution in [0.3, 0.4) is 0 Å². The zero-order chi connectivity index (χ0) is 13.3. The average Bonchev–Trinajstić information content (AvgIpc) is 2.65. The van der Waals surface area contributed by atoms with E-state index in [-0.39, 0.29) is 28.1 Å². The van der Waals surface area contributed by atoms with Crippen molar-refractivity contribution in [2.24, 2.45) is 0 Å². The maximum Gasteiger partial charge on any atom is 0.287 e. The molecule has 18 heavy (non-hydrogen) atoms. The Morgan fingerprint density at radius 1 is 1.61 bits per heavy atom. The number of nitrogens with one attached hydrogen (secondary N) is 1. The minimum atomic E-state index is -2.96. The van der Waals surface area contributed by atoms with Gasteiger partial charge in [-0.3, -0.25) is 4.79 Å². The van der Waals surface area contributed by atoms with Gasteiger partial charge in [-0.1, -0.05) is 11.6 Å². The van der Waals surface area contributed by atoms with Crippen molar-refractivity contribution in [1.29, 1.82) is 0 Å². The van der Waals surface area contributed by atoms with Gasteiger partial charge in [-0.2, -0.15) is 5.10 Å². The van der Waals surface area contributed by atoms with Crippen molar-refractivity contribution in [2.75, 3.05) is 16.8 Å². The Morgan fingerprint density at radius 2 is 2.33 bits per heavy atom. The van der Waals surface area contributed by atoms with Gasteiger partial charge in [-0.25, -0.2) is 13.1 Å². The van der Waals surface area contributed by atoms with Gasteiger partial charge in [0.1, 0.15) is 5.02 Å². The van der Waals surface area contributed by atoms with Crippen molar-refractivity contribution in [3.8, 4) is 0 Å². The van der Waals surface area contributed by atoms with E-state index in [0.29, 0.717) is 18.7 Å². The van der Waals surface area contributed by atoms with Gasteiger partial charge in [0.05, 0.1) is 23.4 Å². The van der Waals surface area contributed by atoms with Crippen LogP contribution < -0.4 is 10.9 Å². The molecule has 1 saturated heterocycles. The molecule has 0 aromatic carbocycles. The van der Waals surface area contributed by atoms with Crippen LogP contribution in [0, 0.1) is 0 Å². The zero-order valence-electron chi connectivity index (χ0n) is 9.89. The van der Waals surface area contributed by atoms with E-state index >= 15 is 0 Å². The van der Waals surface area contributed by atoms with E-state index in [4.69, 9.17) is 11.6 Å². The highest BCUT2D eigenvalue weighted by molar-refractivity contribution is 7.91. The maximum atomic E-state index is 11.7. The molecule has 2 rings (SSSR count). The number of aryl methyl sites for hydroxylation is 1. The molecule has 1 N–H and O–H groups in total. The average molecular weight is 292 g/mol. The fraction of sp³-hybridized carbons (Fsp3) is 0.600. The molecule has 1 fully saturated rings. The molecule has 100 valence electrons. The molecular formula is C10H14ClN3O3S. The largest absolute Gasteiger partial charge is 0.379 e. The number of sulfone groups is 1. The molecule has 0 aliphatic carbocycles. The van der Waals surface area contributed by atoms with E-state index in [1.165, 1.54) is 10.9 Å². The molecule has 0 saturated carbocycles. The highest BCUT2D eigenvalue weighted by Gasteiger charge is 2.28. The predicted octanol–water partition coefficient (Wildman–Crippen LogP) is 0.516. The molecule has 1 aromatic rings. The van der Waals surface area contributed by atoms with Gasteiger partial charge in [0, 0.05) is 12.6 Å². The summed E-state index contributed by atoms with van der Waals surface area (Å²) in [5, 5.41) is 6.97. The van der Waals surface area contributed by atoms with Crippen molar-refractivity contribution >= 4 is 27.1 Å². The lowest BCUT2D eigenvalue weighted by atomic mass is 10.2. The molecule has 0 bridgehead atoms. The highest BCUT2D eigenvalue weighted by atomic mass is 35.5. The van der Waals surface area contributed by atoms with Crippen molar-refractivity contribution < 1.29 is 8.42 Å². The van der Waals surface area contributed by atoms with Crippen LogP contribution in [0.4, 0.5) is 5.69 Å². The number of halogens is 1. The summed E-state index contributed by atoms with van der Waals surface area (Å²) in [5.41, 5.74) is 0.0264. The van der Waals surface area contributed by atoms with Gasteiger partial charge in [0.25, 0.3) is 5.56 Å². The second kappa shape index (κ2) is 4.89. The number of rotatable bonds is 3. The molecular weight excluding hydrogens is 278 g/mol. The van der Waals surface area contributed by atoms with Crippen LogP contribution in [-0.2, 0) is 16.4 Å². The lowest BCUT2D eigenvalue weighted by Gasteiger charge is -2.13. The normalized spacial score (nSPS) is 22.0. The number of aromatic nitrogens is 2. The van der Waals surface area contributed by atoms with Gasteiger partial charge >= 0.3 is 0 Å². The first-order chi connectivity index (χ1) is 8.43. The third-order valence-electron chi connectivity index (χ3n) is 2.88. The van der Waals surface area contributed by atoms with Crippen LogP contribution in [-0.4, -0.2) is 35.7 Å². The Bertz CT molecular complexity index is 611. The van der Waals surface area contributed by atoms with Crippen LogP contribution >= 0.6 is 11.6 Å². The molecule has 8 heteroatoms. The smallest absolute Gasteiger partial charge is 0.287 e. The van der Waals surface area contributed by atoms with Gasteiger partial charge in [-0.05, 0) is 13.3 Å². The molecule has 2 heterocycles. The monoisotopic (exact) mass is 291 g/mol. The fourth-order valence-electron chi connectivity index (χ4n) is 1.92. The lowest BCUT2D eigenvalue weighted by Crippen LogP contribution is -2.26. The Balaban J connectivity index is 2.21. The lowest BCUT2D eigenvalue weighted by molar-refractivity contribution is 0.601. The molecule has 0 spiro atoms. The first kappa shape index (κ1) is 13.4. The first-order valence-corrected chi connectivity index (χ1v) is 7.85. The number of nitrogens with zero attached hydrogens (tertiary/aromatic N) is 2. The van der Waals surface area contributed by atoms with E-state index in [0.717, 1.165) is 0 Å². The summed E-state index contributed by atoms with van der Waals surface area (Å²) in [5.74, 6) is 0.238.